The molecule has 0 aliphatic rings. The third-order valence-electron chi connectivity index (χ3n) is 0. The van der Waals surface area contributed by atoms with Crippen LogP contribution >= 0.6 is 9.90 Å². The van der Waals surface area contributed by atoms with Crippen LogP contribution in [-0.4, -0.2) is 0 Å². The molecule has 0 aromatic carbocycles. The van der Waals surface area contributed by atoms with Crippen LogP contribution in [0.5, 0.6) is 0 Å². The first-order valence-corrected chi connectivity index (χ1v) is 0.986. The van der Waals surface area contributed by atoms with Gasteiger partial charge in [0.2, 0.25) is 0 Å². The molecule has 35 valence electrons. The fourth-order valence-electron chi connectivity index (χ4n) is 0. The minimum atomic E-state index is 0. The molecule has 2 heteroatoms. The maximum atomic E-state index is 3.36. The van der Waals surface area contributed by atoms with Gasteiger partial charge in [0.15, 0.2) is 0 Å². The summed E-state index contributed by atoms with van der Waals surface area (Å²) in [6.45, 7) is 5.25. The van der Waals surface area contributed by atoms with Crippen LogP contribution in [0, 0.1) is 0 Å². The Labute approximate surface area is 49.4 Å². The second-order valence-corrected chi connectivity index (χ2v) is 0.408. The van der Waals surface area contributed by atoms with E-state index in [0.717, 1.165) is 0 Å². The van der Waals surface area contributed by atoms with Crippen molar-refractivity contribution >= 4 is 9.90 Å². The van der Waals surface area contributed by atoms with Crippen molar-refractivity contribution in [2.45, 2.75) is 6.92 Å². The molecule has 0 heterocycles. The predicted octanol–water partition coefficient (Wildman–Crippen LogP) is 1.25. The summed E-state index contributed by atoms with van der Waals surface area (Å²) in [5, 5.41) is 0. The molecule has 0 aliphatic heterocycles. The van der Waals surface area contributed by atoms with Crippen LogP contribution in [0.1, 0.15) is 6.92 Å². The van der Waals surface area contributed by atoms with Crippen LogP contribution < -0.4 is 0 Å². The molecular formula is C3H9PRh. The monoisotopic (exact) mass is 179 g/mol. The molecule has 0 bridgehead atoms. The normalized spacial score (nSPS) is 2.60. The number of allylic oxidation sites excluding steroid dienone is 1. The van der Waals surface area contributed by atoms with Gasteiger partial charge in [-0.05, 0) is 6.92 Å². The number of rotatable bonds is 0. The third-order valence-corrected chi connectivity index (χ3v) is 0. The number of hydrogen-bond acceptors (Lipinski definition) is 0. The molecular weight excluding hydrogens is 170 g/mol. The van der Waals surface area contributed by atoms with E-state index in [0.29, 0.717) is 0 Å². The quantitative estimate of drug-likeness (QED) is 0.298. The Hall–Kier alpha value is 0.793. The van der Waals surface area contributed by atoms with Gasteiger partial charge in [-0.1, -0.05) is 6.08 Å². The summed E-state index contributed by atoms with van der Waals surface area (Å²) in [6.07, 6.45) is 1.75. The SMILES string of the molecule is C=CC.P.[Rh]. The van der Waals surface area contributed by atoms with Crippen LogP contribution in [0.3, 0.4) is 0 Å². The van der Waals surface area contributed by atoms with Gasteiger partial charge in [0.05, 0.1) is 0 Å². The summed E-state index contributed by atoms with van der Waals surface area (Å²) in [5.74, 6) is 0. The van der Waals surface area contributed by atoms with Crippen molar-refractivity contribution < 1.29 is 19.5 Å². The van der Waals surface area contributed by atoms with E-state index < -0.39 is 0 Å². The maximum Gasteiger partial charge on any atom is 0 e. The molecule has 0 nitrogen and oxygen atoms in total. The first kappa shape index (κ1) is 17.1. The van der Waals surface area contributed by atoms with Crippen LogP contribution in [-0.2, 0) is 19.5 Å². The Morgan fingerprint density at radius 3 is 1.60 bits per heavy atom. The Bertz CT molecular complexity index is 14.4. The molecule has 1 atom stereocenters. The van der Waals surface area contributed by atoms with Crippen molar-refractivity contribution in [2.24, 2.45) is 0 Å². The van der Waals surface area contributed by atoms with E-state index in [1.165, 1.54) is 0 Å². The summed E-state index contributed by atoms with van der Waals surface area (Å²) < 4.78 is 0. The summed E-state index contributed by atoms with van der Waals surface area (Å²) in [4.78, 5) is 0. The van der Waals surface area contributed by atoms with E-state index in [2.05, 4.69) is 6.58 Å². The fourth-order valence-corrected chi connectivity index (χ4v) is 0. The predicted molar refractivity (Wildman–Crippen MR) is 27.0 cm³/mol. The van der Waals surface area contributed by atoms with Gasteiger partial charge in [-0.15, -0.1) is 6.58 Å². The van der Waals surface area contributed by atoms with Gasteiger partial charge in [0, 0.05) is 19.5 Å². The standard InChI is InChI=1S/C3H6.H3P.Rh/c1-3-2;;/h3H,1H2,2H3;1H3;. The molecule has 0 fully saturated rings. The largest absolute Gasteiger partial charge is 0.153 e. The second kappa shape index (κ2) is 21.4. The molecule has 0 aromatic rings. The zero-order valence-electron chi connectivity index (χ0n) is 3.32. The van der Waals surface area contributed by atoms with Crippen LogP contribution in [0.25, 0.3) is 0 Å². The summed E-state index contributed by atoms with van der Waals surface area (Å²) >= 11 is 0. The molecule has 0 saturated carbocycles. The molecule has 0 N–H and O–H groups in total. The topological polar surface area (TPSA) is 0 Å². The van der Waals surface area contributed by atoms with E-state index in [-0.39, 0.29) is 29.4 Å². The molecule has 0 spiro atoms. The van der Waals surface area contributed by atoms with Crippen molar-refractivity contribution in [3.63, 3.8) is 0 Å². The number of hydrogen-bond donors (Lipinski definition) is 0. The molecule has 0 aromatic heterocycles. The Balaban J connectivity index is -0.0000000200. The van der Waals surface area contributed by atoms with Gasteiger partial charge in [-0.25, -0.2) is 0 Å². The molecule has 1 radical (unpaired) electrons. The summed E-state index contributed by atoms with van der Waals surface area (Å²) in [6, 6.07) is 0. The van der Waals surface area contributed by atoms with E-state index in [9.17, 15) is 0 Å². The van der Waals surface area contributed by atoms with Gasteiger partial charge in [0.25, 0.3) is 0 Å². The molecule has 0 rings (SSSR count). The first-order valence-electron chi connectivity index (χ1n) is 0.986. The average Bonchev–Trinajstić information content (AvgIpc) is 0.918. The van der Waals surface area contributed by atoms with Crippen LogP contribution in [0.4, 0.5) is 0 Å². The molecule has 0 aliphatic carbocycles. The van der Waals surface area contributed by atoms with Crippen molar-refractivity contribution in [1.82, 2.24) is 0 Å². The Kier molecular flexibility index (Phi) is 73.2. The Morgan fingerprint density at radius 1 is 1.60 bits per heavy atom. The molecule has 1 unspecified atom stereocenters. The van der Waals surface area contributed by atoms with Crippen LogP contribution in [0.2, 0.25) is 0 Å². The third kappa shape index (κ3) is 59.4. The zero-order valence-corrected chi connectivity index (χ0v) is 6.38. The molecule has 0 amide bonds. The molecule has 5 heavy (non-hydrogen) atoms. The summed E-state index contributed by atoms with van der Waals surface area (Å²) in [5.41, 5.74) is 0. The van der Waals surface area contributed by atoms with E-state index in [1.54, 1.807) is 6.08 Å². The van der Waals surface area contributed by atoms with Crippen molar-refractivity contribution in [1.29, 1.82) is 0 Å². The smallest absolute Gasteiger partial charge is 0 e. The van der Waals surface area contributed by atoms with E-state index in [4.69, 9.17) is 0 Å². The summed E-state index contributed by atoms with van der Waals surface area (Å²) in [7, 11) is 0. The Morgan fingerprint density at radius 2 is 1.60 bits per heavy atom. The van der Waals surface area contributed by atoms with Gasteiger partial charge in [-0.2, -0.15) is 9.90 Å². The van der Waals surface area contributed by atoms with E-state index in [1.807, 2.05) is 6.92 Å². The van der Waals surface area contributed by atoms with Gasteiger partial charge < -0.3 is 0 Å². The van der Waals surface area contributed by atoms with Gasteiger partial charge >= 0.3 is 0 Å². The van der Waals surface area contributed by atoms with Crippen molar-refractivity contribution in [3.05, 3.63) is 12.7 Å². The first-order chi connectivity index (χ1) is 1.41. The van der Waals surface area contributed by atoms with Crippen molar-refractivity contribution in [2.75, 3.05) is 0 Å². The minimum Gasteiger partial charge on any atom is -0.153 e. The maximum absolute atomic E-state index is 3.36. The fraction of sp³-hybridized carbons (Fsp3) is 0.333. The zero-order chi connectivity index (χ0) is 2.71. The minimum absolute atomic E-state index is 0. The van der Waals surface area contributed by atoms with Crippen molar-refractivity contribution in [3.8, 4) is 0 Å². The molecule has 0 saturated heterocycles. The second-order valence-electron chi connectivity index (χ2n) is 0.408. The average molecular weight is 179 g/mol. The van der Waals surface area contributed by atoms with Gasteiger partial charge in [-0.3, -0.25) is 0 Å². The van der Waals surface area contributed by atoms with Gasteiger partial charge in [0.1, 0.15) is 0 Å². The van der Waals surface area contributed by atoms with Crippen LogP contribution in [0.15, 0.2) is 12.7 Å². The van der Waals surface area contributed by atoms with E-state index >= 15 is 0 Å².